The first-order valence-electron chi connectivity index (χ1n) is 9.05. The maximum absolute atomic E-state index is 11.9. The molecule has 0 heterocycles. The number of benzene rings is 1. The van der Waals surface area contributed by atoms with E-state index in [0.29, 0.717) is 19.1 Å². The average Bonchev–Trinajstić information content (AvgIpc) is 2.55. The topological polar surface area (TPSA) is 47.6 Å². The molecule has 0 unspecified atom stereocenters. The summed E-state index contributed by atoms with van der Waals surface area (Å²) in [6.45, 7) is 11.7. The van der Waals surface area contributed by atoms with E-state index in [4.69, 9.17) is 9.47 Å². The highest BCUT2D eigenvalue weighted by atomic mass is 16.5. The van der Waals surface area contributed by atoms with Crippen molar-refractivity contribution < 1.29 is 14.3 Å². The van der Waals surface area contributed by atoms with E-state index in [1.807, 2.05) is 32.9 Å². The molecule has 0 bridgehead atoms. The van der Waals surface area contributed by atoms with Crippen LogP contribution in [0.3, 0.4) is 0 Å². The van der Waals surface area contributed by atoms with Gasteiger partial charge in [-0.05, 0) is 63.6 Å². The Hall–Kier alpha value is -1.55. The number of rotatable bonds is 11. The van der Waals surface area contributed by atoms with Crippen molar-refractivity contribution in [3.05, 3.63) is 29.8 Å². The van der Waals surface area contributed by atoms with Crippen molar-refractivity contribution in [3.8, 4) is 5.75 Å². The molecule has 0 saturated carbocycles. The number of hydrogen-bond acceptors (Lipinski definition) is 3. The molecule has 1 amide bonds. The van der Waals surface area contributed by atoms with Crippen LogP contribution in [-0.2, 0) is 9.53 Å². The van der Waals surface area contributed by atoms with Crippen molar-refractivity contribution in [1.82, 2.24) is 5.32 Å². The fraction of sp³-hybridized carbons (Fsp3) is 0.650. The van der Waals surface area contributed by atoms with Crippen LogP contribution in [0.5, 0.6) is 5.75 Å². The molecule has 0 aromatic heterocycles. The molecule has 4 nitrogen and oxygen atoms in total. The summed E-state index contributed by atoms with van der Waals surface area (Å²) in [5.74, 6) is 1.22. The van der Waals surface area contributed by atoms with Gasteiger partial charge in [-0.15, -0.1) is 0 Å². The van der Waals surface area contributed by atoms with Crippen LogP contribution in [0.25, 0.3) is 0 Å². The molecule has 1 aromatic carbocycles. The summed E-state index contributed by atoms with van der Waals surface area (Å²) in [5.41, 5.74) is 1.11. The number of nitrogens with one attached hydrogen (secondary N) is 1. The monoisotopic (exact) mass is 335 g/mol. The van der Waals surface area contributed by atoms with Crippen molar-refractivity contribution in [2.24, 2.45) is 0 Å². The first-order valence-corrected chi connectivity index (χ1v) is 9.05. The van der Waals surface area contributed by atoms with E-state index < -0.39 is 0 Å². The molecule has 0 spiro atoms. The quantitative estimate of drug-likeness (QED) is 0.656. The number of hydrogen-bond donors (Lipinski definition) is 1. The standard InChI is InChI=1S/C20H33NO3/c1-6-16(7-2)17-9-11-18(12-10-17)23-15-19(22)21-14-13-20(4,5)24-8-3/h9-12,16H,6-8,13-15H2,1-5H3,(H,21,22). The van der Waals surface area contributed by atoms with Crippen LogP contribution in [0.4, 0.5) is 0 Å². The zero-order chi connectivity index (χ0) is 18.0. The third-order valence-corrected chi connectivity index (χ3v) is 4.29. The minimum atomic E-state index is -0.214. The highest BCUT2D eigenvalue weighted by molar-refractivity contribution is 5.77. The van der Waals surface area contributed by atoms with Crippen LogP contribution in [0.2, 0.25) is 0 Å². The zero-order valence-corrected chi connectivity index (χ0v) is 15.9. The molecule has 0 saturated heterocycles. The third-order valence-electron chi connectivity index (χ3n) is 4.29. The van der Waals surface area contributed by atoms with Gasteiger partial charge in [0.2, 0.25) is 0 Å². The second kappa shape index (κ2) is 10.3. The SMILES string of the molecule is CCOC(C)(C)CCNC(=O)COc1ccc(C(CC)CC)cc1. The summed E-state index contributed by atoms with van der Waals surface area (Å²) in [6, 6.07) is 8.07. The van der Waals surface area contributed by atoms with Gasteiger partial charge in [0.15, 0.2) is 6.61 Å². The minimum absolute atomic E-state index is 0.0411. The van der Waals surface area contributed by atoms with Gasteiger partial charge in [-0.3, -0.25) is 4.79 Å². The van der Waals surface area contributed by atoms with E-state index in [9.17, 15) is 4.79 Å². The molecule has 136 valence electrons. The van der Waals surface area contributed by atoms with Crippen LogP contribution in [0.1, 0.15) is 65.4 Å². The van der Waals surface area contributed by atoms with Gasteiger partial charge in [-0.25, -0.2) is 0 Å². The van der Waals surface area contributed by atoms with Crippen molar-refractivity contribution in [3.63, 3.8) is 0 Å². The maximum atomic E-state index is 11.9. The van der Waals surface area contributed by atoms with E-state index in [1.165, 1.54) is 5.56 Å². The summed E-state index contributed by atoms with van der Waals surface area (Å²) in [6.07, 6.45) is 3.05. The molecule has 0 radical (unpaired) electrons. The molecule has 0 aliphatic carbocycles. The van der Waals surface area contributed by atoms with Crippen molar-refractivity contribution in [1.29, 1.82) is 0 Å². The summed E-state index contributed by atoms with van der Waals surface area (Å²) in [4.78, 5) is 11.9. The minimum Gasteiger partial charge on any atom is -0.484 e. The molecule has 4 heteroatoms. The van der Waals surface area contributed by atoms with Gasteiger partial charge in [-0.2, -0.15) is 0 Å². The number of ether oxygens (including phenoxy) is 2. The van der Waals surface area contributed by atoms with E-state index in [2.05, 4.69) is 31.3 Å². The molecule has 1 rings (SSSR count). The summed E-state index contributed by atoms with van der Waals surface area (Å²) < 4.78 is 11.2. The summed E-state index contributed by atoms with van der Waals surface area (Å²) >= 11 is 0. The summed E-state index contributed by atoms with van der Waals surface area (Å²) in [5, 5.41) is 2.87. The van der Waals surface area contributed by atoms with Gasteiger partial charge in [0.1, 0.15) is 5.75 Å². The van der Waals surface area contributed by atoms with Gasteiger partial charge < -0.3 is 14.8 Å². The van der Waals surface area contributed by atoms with Crippen LogP contribution < -0.4 is 10.1 Å². The number of amides is 1. The van der Waals surface area contributed by atoms with Crippen molar-refractivity contribution in [2.45, 2.75) is 65.4 Å². The first-order chi connectivity index (χ1) is 11.4. The largest absolute Gasteiger partial charge is 0.484 e. The molecule has 1 N–H and O–H groups in total. The van der Waals surface area contributed by atoms with Gasteiger partial charge in [0, 0.05) is 13.2 Å². The summed E-state index contributed by atoms with van der Waals surface area (Å²) in [7, 11) is 0. The van der Waals surface area contributed by atoms with Crippen LogP contribution in [0, 0.1) is 0 Å². The second-order valence-electron chi connectivity index (χ2n) is 6.66. The van der Waals surface area contributed by atoms with Gasteiger partial charge >= 0.3 is 0 Å². The zero-order valence-electron chi connectivity index (χ0n) is 15.9. The smallest absolute Gasteiger partial charge is 0.257 e. The van der Waals surface area contributed by atoms with Gasteiger partial charge in [-0.1, -0.05) is 26.0 Å². The second-order valence-corrected chi connectivity index (χ2v) is 6.66. The first kappa shape index (κ1) is 20.5. The van der Waals surface area contributed by atoms with E-state index >= 15 is 0 Å². The van der Waals surface area contributed by atoms with E-state index in [1.54, 1.807) is 0 Å². The lowest BCUT2D eigenvalue weighted by Crippen LogP contribution is -2.35. The Bertz CT molecular complexity index is 478. The average molecular weight is 335 g/mol. The molecule has 1 aromatic rings. The molecular weight excluding hydrogens is 302 g/mol. The lowest BCUT2D eigenvalue weighted by molar-refractivity contribution is -0.123. The lowest BCUT2D eigenvalue weighted by Gasteiger charge is -2.24. The Morgan fingerprint density at radius 1 is 1.12 bits per heavy atom. The Labute approximate surface area is 146 Å². The molecule has 0 fully saturated rings. The van der Waals surface area contributed by atoms with Crippen LogP contribution in [0.15, 0.2) is 24.3 Å². The van der Waals surface area contributed by atoms with Crippen LogP contribution in [-0.4, -0.2) is 31.3 Å². The number of carbonyl (C=O) groups is 1. The molecule has 0 aliphatic rings. The predicted octanol–water partition coefficient (Wildman–Crippen LogP) is 4.29. The fourth-order valence-corrected chi connectivity index (χ4v) is 2.76. The highest BCUT2D eigenvalue weighted by Crippen LogP contribution is 2.24. The Morgan fingerprint density at radius 3 is 2.29 bits per heavy atom. The van der Waals surface area contributed by atoms with E-state index in [0.717, 1.165) is 25.0 Å². The lowest BCUT2D eigenvalue weighted by atomic mass is 9.94. The molecular formula is C20H33NO3. The van der Waals surface area contributed by atoms with Gasteiger partial charge in [0.05, 0.1) is 5.60 Å². The molecule has 0 aliphatic heterocycles. The van der Waals surface area contributed by atoms with Gasteiger partial charge in [0.25, 0.3) is 5.91 Å². The Morgan fingerprint density at radius 2 is 1.75 bits per heavy atom. The Balaban J connectivity index is 2.34. The number of carbonyl (C=O) groups excluding carboxylic acids is 1. The maximum Gasteiger partial charge on any atom is 0.257 e. The fourth-order valence-electron chi connectivity index (χ4n) is 2.76. The molecule has 0 atom stereocenters. The normalized spacial score (nSPS) is 11.6. The predicted molar refractivity (Wildman–Crippen MR) is 98.6 cm³/mol. The van der Waals surface area contributed by atoms with E-state index in [-0.39, 0.29) is 18.1 Å². The van der Waals surface area contributed by atoms with Crippen molar-refractivity contribution >= 4 is 5.91 Å². The molecule has 24 heavy (non-hydrogen) atoms. The third kappa shape index (κ3) is 7.35. The Kier molecular flexibility index (Phi) is 8.83. The van der Waals surface area contributed by atoms with Crippen LogP contribution >= 0.6 is 0 Å². The van der Waals surface area contributed by atoms with Crippen molar-refractivity contribution in [2.75, 3.05) is 19.8 Å². The highest BCUT2D eigenvalue weighted by Gasteiger charge is 2.17.